The summed E-state index contributed by atoms with van der Waals surface area (Å²) in [4.78, 5) is 15.9. The summed E-state index contributed by atoms with van der Waals surface area (Å²) in [7, 11) is 0. The molecule has 0 bridgehead atoms. The van der Waals surface area contributed by atoms with Crippen LogP contribution in [0.15, 0.2) is 41.4 Å². The first-order chi connectivity index (χ1) is 12.1. The van der Waals surface area contributed by atoms with Gasteiger partial charge in [0, 0.05) is 31.2 Å². The Hall–Kier alpha value is -2.50. The van der Waals surface area contributed by atoms with Crippen molar-refractivity contribution in [2.75, 3.05) is 6.54 Å². The van der Waals surface area contributed by atoms with Crippen molar-refractivity contribution >= 4 is 11.7 Å². The molecule has 2 aromatic rings. The fourth-order valence-corrected chi connectivity index (χ4v) is 3.06. The van der Waals surface area contributed by atoms with Crippen LogP contribution in [-0.4, -0.2) is 28.4 Å². The maximum absolute atomic E-state index is 11.3. The number of nitrogens with zero attached hydrogens (tertiary/aromatic N) is 1. The lowest BCUT2D eigenvalue weighted by atomic mass is 9.92. The Balaban J connectivity index is 1.88. The lowest BCUT2D eigenvalue weighted by Crippen LogP contribution is -2.16. The predicted octanol–water partition coefficient (Wildman–Crippen LogP) is 2.18. The van der Waals surface area contributed by atoms with Crippen LogP contribution in [0.1, 0.15) is 34.7 Å². The number of ether oxygens (including phenoxy) is 1. The van der Waals surface area contributed by atoms with Gasteiger partial charge in [-0.2, -0.15) is 0 Å². The second-order valence-electron chi connectivity index (χ2n) is 6.10. The van der Waals surface area contributed by atoms with Crippen LogP contribution in [0.3, 0.4) is 0 Å². The van der Waals surface area contributed by atoms with Gasteiger partial charge < -0.3 is 14.9 Å². The number of fused-ring (bicyclic) bond motifs is 1. The van der Waals surface area contributed by atoms with E-state index in [1.54, 1.807) is 12.1 Å². The zero-order valence-electron chi connectivity index (χ0n) is 14.2. The molecular weight excluding hydrogens is 318 g/mol. The van der Waals surface area contributed by atoms with Gasteiger partial charge in [-0.25, -0.2) is 0 Å². The van der Waals surface area contributed by atoms with E-state index in [0.29, 0.717) is 17.7 Å². The molecule has 0 atom stereocenters. The van der Waals surface area contributed by atoms with Crippen molar-refractivity contribution in [1.29, 1.82) is 0 Å². The van der Waals surface area contributed by atoms with E-state index in [9.17, 15) is 15.0 Å². The lowest BCUT2D eigenvalue weighted by Gasteiger charge is -2.18. The number of hydrogen-bond acceptors (Lipinski definition) is 5. The molecule has 1 aliphatic heterocycles. The Bertz CT molecular complexity index is 826. The van der Waals surface area contributed by atoms with Gasteiger partial charge in [0.15, 0.2) is 0 Å². The number of aliphatic imine (C=N–C) groups is 1. The van der Waals surface area contributed by atoms with Crippen molar-refractivity contribution in [3.8, 4) is 5.75 Å². The topological polar surface area (TPSA) is 79.1 Å². The molecule has 5 heteroatoms. The summed E-state index contributed by atoms with van der Waals surface area (Å²) >= 11 is 0. The summed E-state index contributed by atoms with van der Waals surface area (Å²) in [6, 6.07) is 11.4. The Morgan fingerprint density at radius 2 is 1.92 bits per heavy atom. The number of aliphatic hydroxyl groups is 2. The average Bonchev–Trinajstić information content (AvgIpc) is 2.61. The van der Waals surface area contributed by atoms with Gasteiger partial charge in [0.1, 0.15) is 5.75 Å². The maximum atomic E-state index is 11.3. The van der Waals surface area contributed by atoms with Gasteiger partial charge >= 0.3 is 5.97 Å². The number of carbonyl (C=O) groups is 1. The molecule has 0 spiro atoms. The molecule has 0 amide bonds. The summed E-state index contributed by atoms with van der Waals surface area (Å²) in [5.74, 6) is -0.0245. The highest BCUT2D eigenvalue weighted by molar-refractivity contribution is 6.03. The third-order valence-electron chi connectivity index (χ3n) is 4.27. The Morgan fingerprint density at radius 1 is 1.12 bits per heavy atom. The van der Waals surface area contributed by atoms with Gasteiger partial charge in [-0.05, 0) is 34.7 Å². The van der Waals surface area contributed by atoms with E-state index in [4.69, 9.17) is 4.74 Å². The number of aliphatic hydroxyl groups excluding tert-OH is 2. The minimum absolute atomic E-state index is 0.0358. The normalized spacial score (nSPS) is 13.2. The second kappa shape index (κ2) is 7.59. The molecule has 1 aliphatic rings. The highest BCUT2D eigenvalue weighted by atomic mass is 16.5. The molecule has 0 fully saturated rings. The van der Waals surface area contributed by atoms with Crippen LogP contribution in [0.2, 0.25) is 0 Å². The van der Waals surface area contributed by atoms with Gasteiger partial charge in [-0.1, -0.05) is 30.3 Å². The van der Waals surface area contributed by atoms with Crippen LogP contribution < -0.4 is 4.74 Å². The van der Waals surface area contributed by atoms with Crippen molar-refractivity contribution in [2.45, 2.75) is 33.0 Å². The molecule has 0 saturated heterocycles. The third kappa shape index (κ3) is 3.95. The lowest BCUT2D eigenvalue weighted by molar-refractivity contribution is -0.131. The van der Waals surface area contributed by atoms with E-state index >= 15 is 0 Å². The fraction of sp³-hybridized carbons (Fsp3) is 0.300. The largest absolute Gasteiger partial charge is 0.426 e. The summed E-state index contributed by atoms with van der Waals surface area (Å²) in [5.41, 5.74) is 5.73. The monoisotopic (exact) mass is 339 g/mol. The molecule has 2 aromatic carbocycles. The van der Waals surface area contributed by atoms with E-state index < -0.39 is 5.97 Å². The molecule has 0 radical (unpaired) electrons. The van der Waals surface area contributed by atoms with Crippen LogP contribution in [-0.2, 0) is 30.8 Å². The Kier molecular flexibility index (Phi) is 5.26. The number of benzene rings is 2. The molecule has 0 unspecified atom stereocenters. The molecule has 0 saturated carbocycles. The van der Waals surface area contributed by atoms with E-state index in [-0.39, 0.29) is 13.2 Å². The van der Waals surface area contributed by atoms with E-state index in [1.165, 1.54) is 12.5 Å². The smallest absolute Gasteiger partial charge is 0.308 e. The molecule has 0 aliphatic carbocycles. The second-order valence-corrected chi connectivity index (χ2v) is 6.10. The van der Waals surface area contributed by atoms with Crippen LogP contribution >= 0.6 is 0 Å². The molecular formula is C20H21NO4. The standard InChI is InChI=1S/C20H21NO4/c1-13(24)25-20-10-14(2-4-17(20)12-23)9-19-18-5-3-15(11-22)8-16(18)6-7-21-19/h2-5,8,10,22-23H,6-7,9,11-12H2,1H3. The number of carbonyl (C=O) groups excluding carboxylic acids is 1. The van der Waals surface area contributed by atoms with Crippen LogP contribution in [0.5, 0.6) is 5.75 Å². The number of hydrogen-bond donors (Lipinski definition) is 2. The Labute approximate surface area is 146 Å². The zero-order valence-corrected chi connectivity index (χ0v) is 14.2. The van der Waals surface area contributed by atoms with Crippen molar-refractivity contribution in [2.24, 2.45) is 4.99 Å². The number of rotatable bonds is 5. The molecule has 0 aromatic heterocycles. The van der Waals surface area contributed by atoms with E-state index in [2.05, 4.69) is 4.99 Å². The molecule has 3 rings (SSSR count). The van der Waals surface area contributed by atoms with Gasteiger partial charge in [0.05, 0.1) is 13.2 Å². The van der Waals surface area contributed by atoms with Gasteiger partial charge in [0.25, 0.3) is 0 Å². The molecule has 25 heavy (non-hydrogen) atoms. The molecule has 1 heterocycles. The van der Waals surface area contributed by atoms with E-state index in [0.717, 1.165) is 35.4 Å². The van der Waals surface area contributed by atoms with Gasteiger partial charge in [-0.15, -0.1) is 0 Å². The van der Waals surface area contributed by atoms with Crippen molar-refractivity contribution in [3.05, 3.63) is 64.2 Å². The highest BCUT2D eigenvalue weighted by Gasteiger charge is 2.16. The molecule has 5 nitrogen and oxygen atoms in total. The van der Waals surface area contributed by atoms with Gasteiger partial charge in [0.2, 0.25) is 0 Å². The van der Waals surface area contributed by atoms with E-state index in [1.807, 2.05) is 24.3 Å². The van der Waals surface area contributed by atoms with Crippen LogP contribution in [0.25, 0.3) is 0 Å². The van der Waals surface area contributed by atoms with Crippen LogP contribution in [0, 0.1) is 0 Å². The third-order valence-corrected chi connectivity index (χ3v) is 4.27. The van der Waals surface area contributed by atoms with Crippen molar-refractivity contribution in [3.63, 3.8) is 0 Å². The predicted molar refractivity (Wildman–Crippen MR) is 94.9 cm³/mol. The molecule has 2 N–H and O–H groups in total. The summed E-state index contributed by atoms with van der Waals surface area (Å²) < 4.78 is 5.20. The summed E-state index contributed by atoms with van der Waals surface area (Å²) in [5, 5.41) is 18.7. The first kappa shape index (κ1) is 17.3. The minimum atomic E-state index is -0.413. The SMILES string of the molecule is CC(=O)Oc1cc(CC2=NCCc3cc(CO)ccc32)ccc1CO. The van der Waals surface area contributed by atoms with Crippen molar-refractivity contribution < 1.29 is 19.7 Å². The van der Waals surface area contributed by atoms with Crippen LogP contribution in [0.4, 0.5) is 0 Å². The molecule has 130 valence electrons. The first-order valence-electron chi connectivity index (χ1n) is 8.28. The fourth-order valence-electron chi connectivity index (χ4n) is 3.06. The number of esters is 1. The van der Waals surface area contributed by atoms with Crippen molar-refractivity contribution in [1.82, 2.24) is 0 Å². The summed E-state index contributed by atoms with van der Waals surface area (Å²) in [6.45, 7) is 1.92. The Morgan fingerprint density at radius 3 is 2.64 bits per heavy atom. The van der Waals surface area contributed by atoms with Gasteiger partial charge in [-0.3, -0.25) is 9.79 Å². The summed E-state index contributed by atoms with van der Waals surface area (Å²) in [6.07, 6.45) is 1.49. The highest BCUT2D eigenvalue weighted by Crippen LogP contribution is 2.24. The quantitative estimate of drug-likeness (QED) is 0.646. The maximum Gasteiger partial charge on any atom is 0.308 e. The zero-order chi connectivity index (χ0) is 17.8. The average molecular weight is 339 g/mol. The minimum Gasteiger partial charge on any atom is -0.426 e. The first-order valence-corrected chi connectivity index (χ1v) is 8.28.